The quantitative estimate of drug-likeness (QED) is 0.479. The molecule has 1 aliphatic rings. The number of esters is 1. The Hall–Kier alpha value is -2.91. The van der Waals surface area contributed by atoms with Gasteiger partial charge in [-0.15, -0.1) is 10.2 Å². The van der Waals surface area contributed by atoms with Crippen molar-refractivity contribution in [2.45, 2.75) is 29.4 Å². The van der Waals surface area contributed by atoms with Crippen LogP contribution in [-0.4, -0.2) is 47.6 Å². The number of carbonyl (C=O) groups excluding carboxylic acids is 2. The number of hydrogen-bond donors (Lipinski definition) is 0. The summed E-state index contributed by atoms with van der Waals surface area (Å²) in [4.78, 5) is 27.2. The summed E-state index contributed by atoms with van der Waals surface area (Å²) in [6.45, 7) is 1.92. The average Bonchev–Trinajstić information content (AvgIpc) is 3.24. The Bertz CT molecular complexity index is 1120. The maximum Gasteiger partial charge on any atom is 0.326 e. The van der Waals surface area contributed by atoms with Crippen molar-refractivity contribution in [1.82, 2.24) is 10.2 Å². The molecular weight excluding hydrogens is 446 g/mol. The summed E-state index contributed by atoms with van der Waals surface area (Å²) in [5, 5.41) is 8.97. The van der Waals surface area contributed by atoms with Crippen molar-refractivity contribution in [2.75, 3.05) is 25.2 Å². The van der Waals surface area contributed by atoms with Gasteiger partial charge in [0.1, 0.15) is 12.3 Å². The summed E-state index contributed by atoms with van der Waals surface area (Å²) in [6.07, 6.45) is 1.38. The number of benzene rings is 2. The van der Waals surface area contributed by atoms with Crippen molar-refractivity contribution in [2.24, 2.45) is 0 Å². The number of aromatic nitrogens is 2. The van der Waals surface area contributed by atoms with Crippen LogP contribution in [-0.2, 0) is 20.7 Å². The summed E-state index contributed by atoms with van der Waals surface area (Å²) >= 11 is 2.81. The van der Waals surface area contributed by atoms with Gasteiger partial charge < -0.3 is 9.47 Å². The first kappa shape index (κ1) is 22.3. The van der Waals surface area contributed by atoms with E-state index in [0.717, 1.165) is 34.0 Å². The first-order chi connectivity index (χ1) is 15.6. The van der Waals surface area contributed by atoms with Gasteiger partial charge in [0, 0.05) is 5.69 Å². The highest BCUT2D eigenvalue weighted by Gasteiger charge is 2.33. The van der Waals surface area contributed by atoms with Crippen molar-refractivity contribution < 1.29 is 19.1 Å². The van der Waals surface area contributed by atoms with Gasteiger partial charge in [-0.25, -0.2) is 0 Å². The number of amides is 1. The summed E-state index contributed by atoms with van der Waals surface area (Å²) in [5.41, 5.74) is 2.67. The molecule has 166 valence electrons. The fourth-order valence-corrected chi connectivity index (χ4v) is 5.79. The Balaban J connectivity index is 1.57. The Kier molecular flexibility index (Phi) is 7.06. The zero-order chi connectivity index (χ0) is 22.5. The maximum atomic E-state index is 13.5. The van der Waals surface area contributed by atoms with E-state index in [0.29, 0.717) is 10.8 Å². The van der Waals surface area contributed by atoms with Crippen molar-refractivity contribution in [3.8, 4) is 16.3 Å². The van der Waals surface area contributed by atoms with Crippen LogP contribution in [0.1, 0.15) is 18.9 Å². The molecule has 7 nitrogen and oxygen atoms in total. The second-order valence-corrected chi connectivity index (χ2v) is 9.50. The molecule has 2 aromatic carbocycles. The van der Waals surface area contributed by atoms with Crippen LogP contribution in [0.2, 0.25) is 0 Å². The van der Waals surface area contributed by atoms with Crippen molar-refractivity contribution in [3.05, 3.63) is 54.1 Å². The molecule has 32 heavy (non-hydrogen) atoms. The van der Waals surface area contributed by atoms with Gasteiger partial charge in [-0.1, -0.05) is 53.4 Å². The predicted octanol–water partition coefficient (Wildman–Crippen LogP) is 4.22. The molecule has 0 saturated heterocycles. The van der Waals surface area contributed by atoms with Crippen LogP contribution in [0.25, 0.3) is 10.6 Å². The number of methoxy groups -OCH3 is 1. The molecule has 0 unspecified atom stereocenters. The fourth-order valence-electron chi connectivity index (χ4n) is 3.61. The van der Waals surface area contributed by atoms with Gasteiger partial charge >= 0.3 is 5.97 Å². The number of ether oxygens (including phenoxy) is 2. The normalized spacial score (nSPS) is 15.8. The Morgan fingerprint density at radius 2 is 1.97 bits per heavy atom. The van der Waals surface area contributed by atoms with E-state index in [1.165, 1.54) is 23.1 Å². The van der Waals surface area contributed by atoms with Crippen molar-refractivity contribution in [3.63, 3.8) is 0 Å². The molecule has 0 spiro atoms. The number of carbonyl (C=O) groups is 2. The van der Waals surface area contributed by atoms with E-state index >= 15 is 0 Å². The van der Waals surface area contributed by atoms with Gasteiger partial charge in [-0.05, 0) is 43.5 Å². The molecule has 0 N–H and O–H groups in total. The molecule has 0 radical (unpaired) electrons. The number of aryl methyl sites for hydroxylation is 1. The lowest BCUT2D eigenvalue weighted by molar-refractivity contribution is -0.142. The zero-order valence-electron chi connectivity index (χ0n) is 17.8. The van der Waals surface area contributed by atoms with E-state index in [4.69, 9.17) is 9.47 Å². The third kappa shape index (κ3) is 4.78. The molecule has 4 rings (SSSR count). The van der Waals surface area contributed by atoms with Gasteiger partial charge in [0.2, 0.25) is 5.91 Å². The molecule has 1 atom stereocenters. The molecule has 1 aromatic heterocycles. The molecule has 0 bridgehead atoms. The Morgan fingerprint density at radius 1 is 1.19 bits per heavy atom. The lowest BCUT2D eigenvalue weighted by atomic mass is 10.1. The number of thioether (sulfide) groups is 1. The first-order valence-electron chi connectivity index (χ1n) is 10.3. The smallest absolute Gasteiger partial charge is 0.326 e. The molecule has 9 heteroatoms. The third-order valence-corrected chi connectivity index (χ3v) is 7.37. The molecular formula is C23H23N3O4S2. The van der Waals surface area contributed by atoms with Gasteiger partial charge in [-0.2, -0.15) is 0 Å². The molecule has 0 fully saturated rings. The minimum absolute atomic E-state index is 0.108. The third-order valence-electron chi connectivity index (χ3n) is 5.08. The molecule has 2 heterocycles. The number of nitrogens with zero attached hydrogens (tertiary/aromatic N) is 3. The summed E-state index contributed by atoms with van der Waals surface area (Å²) < 4.78 is 11.2. The number of fused-ring (bicyclic) bond motifs is 1. The minimum Gasteiger partial charge on any atom is -0.496 e. The van der Waals surface area contributed by atoms with Crippen LogP contribution in [0.15, 0.2) is 52.9 Å². The fraction of sp³-hybridized carbons (Fsp3) is 0.304. The van der Waals surface area contributed by atoms with E-state index in [1.807, 2.05) is 48.5 Å². The zero-order valence-corrected chi connectivity index (χ0v) is 19.4. The number of para-hydroxylation sites is 2. The van der Waals surface area contributed by atoms with E-state index in [9.17, 15) is 9.59 Å². The minimum atomic E-state index is -0.421. The molecule has 1 aliphatic heterocycles. The van der Waals surface area contributed by atoms with Crippen LogP contribution < -0.4 is 9.64 Å². The second kappa shape index (κ2) is 10.1. The van der Waals surface area contributed by atoms with Crippen molar-refractivity contribution >= 4 is 40.7 Å². The summed E-state index contributed by atoms with van der Waals surface area (Å²) in [6, 6.07) is 15.3. The van der Waals surface area contributed by atoms with Gasteiger partial charge in [0.05, 0.1) is 24.5 Å². The second-order valence-electron chi connectivity index (χ2n) is 7.08. The SMILES string of the molecule is CCOC(=O)CN1C(=O)[C@H](Sc2nnc(-c3ccccc3OC)s2)CCc2ccccc21. The van der Waals surface area contributed by atoms with Crippen LogP contribution in [0.5, 0.6) is 5.75 Å². The van der Waals surface area contributed by atoms with Gasteiger partial charge in [0.15, 0.2) is 9.35 Å². The van der Waals surface area contributed by atoms with Crippen LogP contribution >= 0.6 is 23.1 Å². The molecule has 3 aromatic rings. The summed E-state index contributed by atoms with van der Waals surface area (Å²) in [5.74, 6) is 0.180. The molecule has 0 saturated carbocycles. The standard InChI is InChI=1S/C23H23N3O4S2/c1-3-30-20(27)14-26-17-10-6-4-8-15(17)12-13-19(22(26)28)31-23-25-24-21(32-23)16-9-5-7-11-18(16)29-2/h4-11,19H,3,12-14H2,1-2H3/t19-/m1/s1. The van der Waals surface area contributed by atoms with Gasteiger partial charge in [0.25, 0.3) is 0 Å². The number of rotatable bonds is 7. The topological polar surface area (TPSA) is 81.6 Å². The van der Waals surface area contributed by atoms with E-state index in [1.54, 1.807) is 18.9 Å². The van der Waals surface area contributed by atoms with E-state index < -0.39 is 5.97 Å². The number of hydrogen-bond acceptors (Lipinski definition) is 8. The largest absolute Gasteiger partial charge is 0.496 e. The highest BCUT2D eigenvalue weighted by molar-refractivity contribution is 8.02. The lowest BCUT2D eigenvalue weighted by Crippen LogP contribution is -2.41. The number of anilines is 1. The Labute approximate surface area is 194 Å². The van der Waals surface area contributed by atoms with Crippen molar-refractivity contribution in [1.29, 1.82) is 0 Å². The van der Waals surface area contributed by atoms with Crippen LogP contribution in [0, 0.1) is 0 Å². The molecule has 0 aliphatic carbocycles. The Morgan fingerprint density at radius 3 is 2.78 bits per heavy atom. The van der Waals surface area contributed by atoms with Gasteiger partial charge in [-0.3, -0.25) is 14.5 Å². The van der Waals surface area contributed by atoms with Crippen LogP contribution in [0.4, 0.5) is 5.69 Å². The maximum absolute atomic E-state index is 13.5. The monoisotopic (exact) mass is 469 g/mol. The molecule has 1 amide bonds. The van der Waals surface area contributed by atoms with E-state index in [-0.39, 0.29) is 24.3 Å². The highest BCUT2D eigenvalue weighted by atomic mass is 32.2. The van der Waals surface area contributed by atoms with E-state index in [2.05, 4.69) is 10.2 Å². The highest BCUT2D eigenvalue weighted by Crippen LogP contribution is 2.39. The van der Waals surface area contributed by atoms with Crippen LogP contribution in [0.3, 0.4) is 0 Å². The first-order valence-corrected chi connectivity index (χ1v) is 12.0. The average molecular weight is 470 g/mol. The summed E-state index contributed by atoms with van der Waals surface area (Å²) in [7, 11) is 1.62. The predicted molar refractivity (Wildman–Crippen MR) is 125 cm³/mol. The lowest BCUT2D eigenvalue weighted by Gasteiger charge is -2.24.